The number of carbonyl (C=O) groups is 1. The number of ether oxygens (including phenoxy) is 1. The number of nitro benzene ring substituents is 1. The summed E-state index contributed by atoms with van der Waals surface area (Å²) in [6.07, 6.45) is 1.25. The van der Waals surface area contributed by atoms with E-state index in [2.05, 4.69) is 15.7 Å². The SMILES string of the molecule is Cc1cc(OCCCc2c(C)n(CCC(=O)NS(=O)(=O)c3ccccc3[N+](=O)[O-])c3c(-c4c(C)nn(C)c4C)cccc23)cc(C)c1Cl. The van der Waals surface area contributed by atoms with E-state index in [9.17, 15) is 23.3 Å². The van der Waals surface area contributed by atoms with Gasteiger partial charge in [-0.25, -0.2) is 13.1 Å². The van der Waals surface area contributed by atoms with Crippen molar-refractivity contribution in [3.8, 4) is 16.9 Å². The number of benzene rings is 3. The van der Waals surface area contributed by atoms with Crippen molar-refractivity contribution in [2.45, 2.75) is 65.3 Å². The second-order valence-electron chi connectivity index (χ2n) is 11.9. The van der Waals surface area contributed by atoms with Gasteiger partial charge in [-0.2, -0.15) is 5.10 Å². The molecule has 1 N–H and O–H groups in total. The number of amides is 1. The Morgan fingerprint density at radius 1 is 1.02 bits per heavy atom. The van der Waals surface area contributed by atoms with Crippen LogP contribution in [0, 0.1) is 44.7 Å². The van der Waals surface area contributed by atoms with E-state index in [-0.39, 0.29) is 13.0 Å². The molecule has 0 aliphatic rings. The highest BCUT2D eigenvalue weighted by Crippen LogP contribution is 2.38. The third-order valence-electron chi connectivity index (χ3n) is 8.66. The molecule has 0 aliphatic carbocycles. The van der Waals surface area contributed by atoms with E-state index >= 15 is 0 Å². The lowest BCUT2D eigenvalue weighted by Crippen LogP contribution is -2.31. The summed E-state index contributed by atoms with van der Waals surface area (Å²) >= 11 is 6.32. The Morgan fingerprint density at radius 2 is 1.71 bits per heavy atom. The molecule has 2 aromatic heterocycles. The van der Waals surface area contributed by atoms with Gasteiger partial charge < -0.3 is 9.30 Å². The average molecular weight is 692 g/mol. The Labute approximate surface area is 284 Å². The molecule has 5 rings (SSSR count). The summed E-state index contributed by atoms with van der Waals surface area (Å²) in [7, 11) is -2.58. The molecule has 0 radical (unpaired) electrons. The summed E-state index contributed by atoms with van der Waals surface area (Å²) in [5.74, 6) is -0.00992. The average Bonchev–Trinajstić information content (AvgIpc) is 3.45. The smallest absolute Gasteiger partial charge is 0.289 e. The quantitative estimate of drug-likeness (QED) is 0.0840. The van der Waals surface area contributed by atoms with Crippen molar-refractivity contribution >= 4 is 44.1 Å². The third-order valence-corrected chi connectivity index (χ3v) is 10.7. The highest BCUT2D eigenvalue weighted by Gasteiger charge is 2.27. The number of nitro groups is 1. The zero-order chi connectivity index (χ0) is 34.9. The molecule has 0 bridgehead atoms. The topological polar surface area (TPSA) is 138 Å². The zero-order valence-corrected chi connectivity index (χ0v) is 29.3. The molecule has 0 saturated heterocycles. The van der Waals surface area contributed by atoms with E-state index in [1.165, 1.54) is 12.1 Å². The van der Waals surface area contributed by atoms with Gasteiger partial charge in [0.15, 0.2) is 4.90 Å². The van der Waals surface area contributed by atoms with E-state index in [4.69, 9.17) is 16.3 Å². The van der Waals surface area contributed by atoms with Crippen LogP contribution in [0.4, 0.5) is 5.69 Å². The van der Waals surface area contributed by atoms with Crippen LogP contribution in [0.25, 0.3) is 22.0 Å². The minimum atomic E-state index is -4.48. The summed E-state index contributed by atoms with van der Waals surface area (Å²) in [6.45, 7) is 10.5. The van der Waals surface area contributed by atoms with E-state index in [0.717, 1.165) is 85.1 Å². The first-order valence-corrected chi connectivity index (χ1v) is 17.4. The first-order valence-electron chi connectivity index (χ1n) is 15.5. The number of nitrogens with zero attached hydrogens (tertiary/aromatic N) is 4. The second kappa shape index (κ2) is 13.8. The molecule has 0 aliphatic heterocycles. The number of aromatic nitrogens is 3. The first kappa shape index (κ1) is 34.6. The standard InChI is InChI=1S/C35H38ClN5O6S/c1-21-19-26(20-22(2)34(21)36)47-18-10-13-27-24(4)40(35-28(27)11-9-12-29(35)33-23(3)37-39(6)25(33)5)17-16-32(42)38-48(45,46)31-15-8-7-14-30(31)41(43)44/h7-9,11-12,14-15,19-20H,10,13,16-18H2,1-6H3,(H,38,42). The molecule has 0 fully saturated rings. The number of aryl methyl sites for hydroxylation is 6. The van der Waals surface area contributed by atoms with Crippen molar-refractivity contribution < 1.29 is 22.9 Å². The number of hydrogen-bond acceptors (Lipinski definition) is 7. The first-order chi connectivity index (χ1) is 22.7. The Kier molecular flexibility index (Phi) is 9.97. The zero-order valence-electron chi connectivity index (χ0n) is 27.8. The van der Waals surface area contributed by atoms with E-state index in [1.807, 2.05) is 75.3 Å². The van der Waals surface area contributed by atoms with Gasteiger partial charge in [0.2, 0.25) is 5.91 Å². The maximum Gasteiger partial charge on any atom is 0.289 e. The summed E-state index contributed by atoms with van der Waals surface area (Å²) in [6, 6.07) is 14.9. The van der Waals surface area contributed by atoms with Gasteiger partial charge in [-0.05, 0) is 82.3 Å². The van der Waals surface area contributed by atoms with E-state index in [0.29, 0.717) is 13.0 Å². The van der Waals surface area contributed by atoms with Gasteiger partial charge in [0.05, 0.1) is 22.7 Å². The monoisotopic (exact) mass is 691 g/mol. The number of para-hydroxylation sites is 2. The Hall–Kier alpha value is -4.68. The summed E-state index contributed by atoms with van der Waals surface area (Å²) in [4.78, 5) is 23.2. The molecule has 1 amide bonds. The fourth-order valence-electron chi connectivity index (χ4n) is 6.30. The summed E-state index contributed by atoms with van der Waals surface area (Å²) in [5, 5.41) is 17.8. The molecule has 11 nitrogen and oxygen atoms in total. The van der Waals surface area contributed by atoms with Crippen LogP contribution in [0.1, 0.15) is 46.6 Å². The largest absolute Gasteiger partial charge is 0.494 e. The highest BCUT2D eigenvalue weighted by molar-refractivity contribution is 7.90. The van der Waals surface area contributed by atoms with Crippen LogP contribution in [-0.4, -0.2) is 40.2 Å². The Bertz CT molecular complexity index is 2150. The van der Waals surface area contributed by atoms with Crippen LogP contribution in [-0.2, 0) is 34.8 Å². The number of carbonyl (C=O) groups excluding carboxylic acids is 1. The molecule has 2 heterocycles. The number of fused-ring (bicyclic) bond motifs is 1. The Morgan fingerprint density at radius 3 is 2.35 bits per heavy atom. The molecule has 48 heavy (non-hydrogen) atoms. The van der Waals surface area contributed by atoms with Crippen LogP contribution >= 0.6 is 11.6 Å². The minimum absolute atomic E-state index is 0.176. The van der Waals surface area contributed by atoms with Crippen molar-refractivity contribution in [1.82, 2.24) is 19.1 Å². The lowest BCUT2D eigenvalue weighted by Gasteiger charge is -2.13. The molecular weight excluding hydrogens is 654 g/mol. The summed E-state index contributed by atoms with van der Waals surface area (Å²) in [5.41, 5.74) is 8.09. The van der Waals surface area contributed by atoms with Crippen molar-refractivity contribution in [3.63, 3.8) is 0 Å². The van der Waals surface area contributed by atoms with Gasteiger partial charge >= 0.3 is 0 Å². The molecule has 5 aromatic rings. The van der Waals surface area contributed by atoms with Gasteiger partial charge in [0.25, 0.3) is 15.7 Å². The molecular formula is C35H38ClN5O6S. The third kappa shape index (κ3) is 6.81. The maximum absolute atomic E-state index is 13.1. The molecule has 0 saturated carbocycles. The fraction of sp³-hybridized carbons (Fsp3) is 0.314. The lowest BCUT2D eigenvalue weighted by atomic mass is 9.98. The molecule has 0 atom stereocenters. The van der Waals surface area contributed by atoms with Crippen molar-refractivity contribution in [2.24, 2.45) is 7.05 Å². The number of rotatable bonds is 12. The van der Waals surface area contributed by atoms with Crippen molar-refractivity contribution in [3.05, 3.63) is 104 Å². The number of hydrogen-bond donors (Lipinski definition) is 1. The predicted octanol–water partition coefficient (Wildman–Crippen LogP) is 7.05. The normalized spacial score (nSPS) is 11.6. The van der Waals surface area contributed by atoms with Crippen molar-refractivity contribution in [1.29, 1.82) is 0 Å². The number of halogens is 1. The van der Waals surface area contributed by atoms with Gasteiger partial charge in [0.1, 0.15) is 5.75 Å². The van der Waals surface area contributed by atoms with Gasteiger partial charge in [-0.1, -0.05) is 41.9 Å². The van der Waals surface area contributed by atoms with Gasteiger partial charge in [-0.3, -0.25) is 19.6 Å². The van der Waals surface area contributed by atoms with E-state index < -0.39 is 31.4 Å². The predicted molar refractivity (Wildman–Crippen MR) is 186 cm³/mol. The number of nitrogens with one attached hydrogen (secondary N) is 1. The van der Waals surface area contributed by atoms with Crippen LogP contribution in [0.5, 0.6) is 5.75 Å². The number of sulfonamides is 1. The minimum Gasteiger partial charge on any atom is -0.494 e. The van der Waals surface area contributed by atoms with Gasteiger partial charge in [0, 0.05) is 59.0 Å². The fourth-order valence-corrected chi connectivity index (χ4v) is 7.59. The van der Waals surface area contributed by atoms with Crippen LogP contribution in [0.3, 0.4) is 0 Å². The van der Waals surface area contributed by atoms with Crippen LogP contribution in [0.2, 0.25) is 5.02 Å². The lowest BCUT2D eigenvalue weighted by molar-refractivity contribution is -0.387. The molecule has 0 spiro atoms. The summed E-state index contributed by atoms with van der Waals surface area (Å²) < 4.78 is 38.0. The van der Waals surface area contributed by atoms with Crippen LogP contribution in [0.15, 0.2) is 59.5 Å². The highest BCUT2D eigenvalue weighted by atomic mass is 35.5. The Balaban J connectivity index is 1.45. The maximum atomic E-state index is 13.1. The van der Waals surface area contributed by atoms with Gasteiger partial charge in [-0.15, -0.1) is 0 Å². The molecule has 252 valence electrons. The van der Waals surface area contributed by atoms with Crippen LogP contribution < -0.4 is 9.46 Å². The molecule has 0 unspecified atom stereocenters. The van der Waals surface area contributed by atoms with E-state index in [1.54, 1.807) is 0 Å². The second-order valence-corrected chi connectivity index (χ2v) is 13.9. The molecule has 13 heteroatoms. The molecule has 3 aromatic carbocycles. The van der Waals surface area contributed by atoms with Crippen molar-refractivity contribution in [2.75, 3.05) is 6.61 Å².